The molecule has 14 heavy (non-hydrogen) atoms. The molecular formula is C10H9NO2S. The lowest BCUT2D eigenvalue weighted by Gasteiger charge is -1.90. The zero-order valence-electron chi connectivity index (χ0n) is 7.69. The standard InChI is InChI=1S/C10H9NO2S/c1-7(12)9-6-14-10(11-9)5-8-3-2-4-13-8/h2-4,6H,5H2,1H3. The van der Waals surface area contributed by atoms with Crippen LogP contribution in [0.5, 0.6) is 0 Å². The summed E-state index contributed by atoms with van der Waals surface area (Å²) < 4.78 is 5.19. The van der Waals surface area contributed by atoms with Crippen LogP contribution in [-0.2, 0) is 6.42 Å². The molecule has 0 radical (unpaired) electrons. The fourth-order valence-electron chi connectivity index (χ4n) is 1.12. The van der Waals surface area contributed by atoms with E-state index in [1.165, 1.54) is 18.3 Å². The number of nitrogens with zero attached hydrogens (tertiary/aromatic N) is 1. The Bertz CT molecular complexity index is 431. The molecule has 0 saturated carbocycles. The highest BCUT2D eigenvalue weighted by Crippen LogP contribution is 2.15. The van der Waals surface area contributed by atoms with Crippen molar-refractivity contribution in [3.8, 4) is 0 Å². The summed E-state index contributed by atoms with van der Waals surface area (Å²) in [4.78, 5) is 15.2. The molecule has 4 heteroatoms. The van der Waals surface area contributed by atoms with E-state index in [-0.39, 0.29) is 5.78 Å². The summed E-state index contributed by atoms with van der Waals surface area (Å²) in [7, 11) is 0. The Kier molecular flexibility index (Phi) is 2.45. The van der Waals surface area contributed by atoms with Gasteiger partial charge >= 0.3 is 0 Å². The molecule has 0 unspecified atom stereocenters. The fraction of sp³-hybridized carbons (Fsp3) is 0.200. The molecule has 0 spiro atoms. The van der Waals surface area contributed by atoms with Crippen molar-refractivity contribution in [3.63, 3.8) is 0 Å². The van der Waals surface area contributed by atoms with E-state index < -0.39 is 0 Å². The van der Waals surface area contributed by atoms with Crippen LogP contribution in [0.25, 0.3) is 0 Å². The molecule has 0 saturated heterocycles. The van der Waals surface area contributed by atoms with Crippen LogP contribution in [0.3, 0.4) is 0 Å². The zero-order valence-corrected chi connectivity index (χ0v) is 8.50. The third-order valence-corrected chi connectivity index (χ3v) is 2.67. The number of carbonyl (C=O) groups is 1. The molecule has 0 fully saturated rings. The lowest BCUT2D eigenvalue weighted by atomic mass is 10.3. The summed E-state index contributed by atoms with van der Waals surface area (Å²) in [6, 6.07) is 3.74. The number of Topliss-reactive ketones (excluding diaryl/α,β-unsaturated/α-hetero) is 1. The first-order valence-corrected chi connectivity index (χ1v) is 5.11. The monoisotopic (exact) mass is 207 g/mol. The number of furan rings is 1. The molecule has 0 aromatic carbocycles. The molecule has 0 aliphatic carbocycles. The molecule has 2 heterocycles. The topological polar surface area (TPSA) is 43.1 Å². The van der Waals surface area contributed by atoms with Crippen molar-refractivity contribution < 1.29 is 9.21 Å². The van der Waals surface area contributed by atoms with Crippen molar-refractivity contribution in [1.82, 2.24) is 4.98 Å². The summed E-state index contributed by atoms with van der Waals surface area (Å²) >= 11 is 1.48. The minimum Gasteiger partial charge on any atom is -0.469 e. The van der Waals surface area contributed by atoms with Crippen molar-refractivity contribution in [2.24, 2.45) is 0 Å². The Morgan fingerprint density at radius 2 is 2.50 bits per heavy atom. The third kappa shape index (κ3) is 1.90. The number of thiazole rings is 1. The molecule has 0 amide bonds. The summed E-state index contributed by atoms with van der Waals surface area (Å²) in [6.07, 6.45) is 2.29. The maximum Gasteiger partial charge on any atom is 0.178 e. The SMILES string of the molecule is CC(=O)c1csc(Cc2ccco2)n1. The number of ketones is 1. The Labute approximate surface area is 85.4 Å². The minimum atomic E-state index is 0.00643. The lowest BCUT2D eigenvalue weighted by molar-refractivity contribution is 0.101. The third-order valence-electron chi connectivity index (χ3n) is 1.82. The Balaban J connectivity index is 2.14. The van der Waals surface area contributed by atoms with Gasteiger partial charge in [-0.2, -0.15) is 0 Å². The summed E-state index contributed by atoms with van der Waals surface area (Å²) in [5.41, 5.74) is 0.538. The Morgan fingerprint density at radius 1 is 1.64 bits per heavy atom. The molecule has 2 aromatic heterocycles. The van der Waals surface area contributed by atoms with Gasteiger partial charge in [0.1, 0.15) is 16.5 Å². The maximum absolute atomic E-state index is 11.0. The van der Waals surface area contributed by atoms with Crippen LogP contribution in [0, 0.1) is 0 Å². The van der Waals surface area contributed by atoms with Crippen LogP contribution in [0.4, 0.5) is 0 Å². The second-order valence-electron chi connectivity index (χ2n) is 2.94. The Morgan fingerprint density at radius 3 is 3.07 bits per heavy atom. The van der Waals surface area contributed by atoms with Gasteiger partial charge in [-0.05, 0) is 12.1 Å². The largest absolute Gasteiger partial charge is 0.469 e. The normalized spacial score (nSPS) is 10.4. The maximum atomic E-state index is 11.0. The molecule has 2 aromatic rings. The van der Waals surface area contributed by atoms with Gasteiger partial charge in [-0.3, -0.25) is 4.79 Å². The molecule has 0 aliphatic heterocycles. The van der Waals surface area contributed by atoms with Gasteiger partial charge in [-0.25, -0.2) is 4.98 Å². The van der Waals surface area contributed by atoms with E-state index >= 15 is 0 Å². The minimum absolute atomic E-state index is 0.00643. The number of hydrogen-bond donors (Lipinski definition) is 0. The smallest absolute Gasteiger partial charge is 0.178 e. The quantitative estimate of drug-likeness (QED) is 0.726. The first-order valence-electron chi connectivity index (χ1n) is 4.23. The van der Waals surface area contributed by atoms with Gasteiger partial charge in [0.2, 0.25) is 0 Å². The Hall–Kier alpha value is -1.42. The van der Waals surface area contributed by atoms with Gasteiger partial charge in [0, 0.05) is 12.3 Å². The van der Waals surface area contributed by atoms with Crippen molar-refractivity contribution in [3.05, 3.63) is 40.2 Å². The van der Waals surface area contributed by atoms with Gasteiger partial charge in [0.25, 0.3) is 0 Å². The van der Waals surface area contributed by atoms with E-state index in [4.69, 9.17) is 4.42 Å². The van der Waals surface area contributed by atoms with Gasteiger partial charge in [-0.15, -0.1) is 11.3 Å². The molecule has 3 nitrogen and oxygen atoms in total. The van der Waals surface area contributed by atoms with Crippen LogP contribution in [0.1, 0.15) is 28.2 Å². The van der Waals surface area contributed by atoms with E-state index in [9.17, 15) is 4.79 Å². The lowest BCUT2D eigenvalue weighted by Crippen LogP contribution is -1.93. The van der Waals surface area contributed by atoms with Crippen molar-refractivity contribution in [1.29, 1.82) is 0 Å². The van der Waals surface area contributed by atoms with Crippen LogP contribution >= 0.6 is 11.3 Å². The van der Waals surface area contributed by atoms with Crippen molar-refractivity contribution >= 4 is 17.1 Å². The highest BCUT2D eigenvalue weighted by molar-refractivity contribution is 7.09. The van der Waals surface area contributed by atoms with E-state index in [0.717, 1.165) is 10.8 Å². The van der Waals surface area contributed by atoms with E-state index in [2.05, 4.69) is 4.98 Å². The van der Waals surface area contributed by atoms with Gasteiger partial charge in [-0.1, -0.05) is 0 Å². The predicted octanol–water partition coefficient (Wildman–Crippen LogP) is 2.53. The first-order chi connectivity index (χ1) is 6.75. The van der Waals surface area contributed by atoms with E-state index in [1.54, 1.807) is 11.6 Å². The van der Waals surface area contributed by atoms with Gasteiger partial charge in [0.15, 0.2) is 5.78 Å². The fourth-order valence-corrected chi connectivity index (χ4v) is 1.96. The second-order valence-corrected chi connectivity index (χ2v) is 3.88. The number of rotatable bonds is 3. The van der Waals surface area contributed by atoms with Crippen molar-refractivity contribution in [2.75, 3.05) is 0 Å². The van der Waals surface area contributed by atoms with Gasteiger partial charge in [0.05, 0.1) is 12.7 Å². The molecule has 72 valence electrons. The number of hydrogen-bond acceptors (Lipinski definition) is 4. The van der Waals surface area contributed by atoms with E-state index in [0.29, 0.717) is 12.1 Å². The zero-order chi connectivity index (χ0) is 9.97. The molecule has 0 N–H and O–H groups in total. The van der Waals surface area contributed by atoms with Gasteiger partial charge < -0.3 is 4.42 Å². The molecule has 2 rings (SSSR count). The predicted molar refractivity (Wildman–Crippen MR) is 53.6 cm³/mol. The first kappa shape index (κ1) is 9.15. The molecule has 0 bridgehead atoms. The average Bonchev–Trinajstić information content (AvgIpc) is 2.75. The van der Waals surface area contributed by atoms with Crippen molar-refractivity contribution in [2.45, 2.75) is 13.3 Å². The molecule has 0 atom stereocenters. The highest BCUT2D eigenvalue weighted by atomic mass is 32.1. The molecule has 0 aliphatic rings. The number of carbonyl (C=O) groups excluding carboxylic acids is 1. The summed E-state index contributed by atoms with van der Waals surface area (Å²) in [5, 5.41) is 2.69. The summed E-state index contributed by atoms with van der Waals surface area (Å²) in [5.74, 6) is 0.876. The van der Waals surface area contributed by atoms with Crippen LogP contribution in [-0.4, -0.2) is 10.8 Å². The highest BCUT2D eigenvalue weighted by Gasteiger charge is 2.07. The second kappa shape index (κ2) is 3.75. The number of aromatic nitrogens is 1. The van der Waals surface area contributed by atoms with Crippen LogP contribution < -0.4 is 0 Å². The van der Waals surface area contributed by atoms with E-state index in [1.807, 2.05) is 12.1 Å². The molecular weight excluding hydrogens is 198 g/mol. The van der Waals surface area contributed by atoms with Crippen LogP contribution in [0.2, 0.25) is 0 Å². The van der Waals surface area contributed by atoms with Crippen LogP contribution in [0.15, 0.2) is 28.2 Å². The average molecular weight is 207 g/mol. The summed E-state index contributed by atoms with van der Waals surface area (Å²) in [6.45, 7) is 1.52.